The summed E-state index contributed by atoms with van der Waals surface area (Å²) in [6.07, 6.45) is 0.633. The highest BCUT2D eigenvalue weighted by Gasteiger charge is 2.38. The molecule has 0 amide bonds. The molecule has 0 saturated heterocycles. The van der Waals surface area contributed by atoms with E-state index in [2.05, 4.69) is 33.9 Å². The Labute approximate surface area is 104 Å². The van der Waals surface area contributed by atoms with Crippen LogP contribution >= 0.6 is 0 Å². The highest BCUT2D eigenvalue weighted by Crippen LogP contribution is 2.37. The average Bonchev–Trinajstić information content (AvgIpc) is 2.19. The van der Waals surface area contributed by atoms with E-state index in [0.29, 0.717) is 12.0 Å². The van der Waals surface area contributed by atoms with Gasteiger partial charge in [-0.05, 0) is 36.3 Å². The number of phenolic OH excluding ortho intramolecular Hbond substituents is 1. The molecule has 1 rings (SSSR count). The number of hydrogen-bond acceptors (Lipinski definition) is 3. The van der Waals surface area contributed by atoms with Gasteiger partial charge < -0.3 is 9.53 Å². The molecule has 0 aliphatic rings. The van der Waals surface area contributed by atoms with Crippen LogP contribution in [0.2, 0.25) is 18.1 Å². The predicted molar refractivity (Wildman–Crippen MR) is 71.3 cm³/mol. The van der Waals surface area contributed by atoms with Crippen LogP contribution in [-0.2, 0) is 0 Å². The van der Waals surface area contributed by atoms with Crippen molar-refractivity contribution in [2.24, 2.45) is 0 Å². The molecule has 1 aromatic carbocycles. The zero-order chi connectivity index (χ0) is 13.3. The summed E-state index contributed by atoms with van der Waals surface area (Å²) >= 11 is 0. The molecule has 0 spiro atoms. The van der Waals surface area contributed by atoms with Crippen LogP contribution < -0.4 is 4.43 Å². The van der Waals surface area contributed by atoms with Crippen LogP contribution in [0.5, 0.6) is 11.5 Å². The lowest BCUT2D eigenvalue weighted by Gasteiger charge is -2.36. The van der Waals surface area contributed by atoms with Gasteiger partial charge in [0.05, 0.1) is 5.56 Å². The van der Waals surface area contributed by atoms with Crippen LogP contribution in [0.15, 0.2) is 18.2 Å². The topological polar surface area (TPSA) is 46.5 Å². The number of carbonyl (C=O) groups is 1. The van der Waals surface area contributed by atoms with Crippen molar-refractivity contribution in [3.05, 3.63) is 23.8 Å². The van der Waals surface area contributed by atoms with E-state index in [1.165, 1.54) is 6.07 Å². The van der Waals surface area contributed by atoms with Crippen molar-refractivity contribution < 1.29 is 14.3 Å². The largest absolute Gasteiger partial charge is 0.543 e. The van der Waals surface area contributed by atoms with Gasteiger partial charge in [0.25, 0.3) is 0 Å². The molecular formula is C13H20O3Si. The fraction of sp³-hybridized carbons (Fsp3) is 0.462. The third kappa shape index (κ3) is 3.09. The van der Waals surface area contributed by atoms with E-state index >= 15 is 0 Å². The molecule has 0 aromatic heterocycles. The molecule has 0 saturated carbocycles. The van der Waals surface area contributed by atoms with E-state index in [0.717, 1.165) is 0 Å². The maximum absolute atomic E-state index is 10.7. The summed E-state index contributed by atoms with van der Waals surface area (Å²) in [4.78, 5) is 10.7. The molecule has 1 aromatic rings. The van der Waals surface area contributed by atoms with Gasteiger partial charge in [-0.15, -0.1) is 0 Å². The van der Waals surface area contributed by atoms with Crippen LogP contribution in [0.1, 0.15) is 31.1 Å². The highest BCUT2D eigenvalue weighted by atomic mass is 28.4. The van der Waals surface area contributed by atoms with E-state index in [-0.39, 0.29) is 16.4 Å². The summed E-state index contributed by atoms with van der Waals surface area (Å²) in [5, 5.41) is 9.52. The van der Waals surface area contributed by atoms with Gasteiger partial charge in [-0.25, -0.2) is 0 Å². The van der Waals surface area contributed by atoms with Crippen molar-refractivity contribution in [1.82, 2.24) is 0 Å². The zero-order valence-electron chi connectivity index (χ0n) is 11.1. The van der Waals surface area contributed by atoms with E-state index in [1.807, 2.05) is 0 Å². The Kier molecular flexibility index (Phi) is 3.67. The maximum Gasteiger partial charge on any atom is 0.250 e. The quantitative estimate of drug-likeness (QED) is 0.660. The van der Waals surface area contributed by atoms with Crippen LogP contribution in [0.25, 0.3) is 0 Å². The second kappa shape index (κ2) is 4.53. The molecule has 3 nitrogen and oxygen atoms in total. The maximum atomic E-state index is 10.7. The second-order valence-electron chi connectivity index (χ2n) is 5.70. The van der Waals surface area contributed by atoms with Gasteiger partial charge in [0.2, 0.25) is 8.32 Å². The Morgan fingerprint density at radius 3 is 2.35 bits per heavy atom. The second-order valence-corrected chi connectivity index (χ2v) is 10.4. The summed E-state index contributed by atoms with van der Waals surface area (Å²) in [5.41, 5.74) is 0.265. The van der Waals surface area contributed by atoms with E-state index in [4.69, 9.17) is 4.43 Å². The van der Waals surface area contributed by atoms with Crippen molar-refractivity contribution in [2.75, 3.05) is 0 Å². The third-order valence-corrected chi connectivity index (χ3v) is 7.66. The van der Waals surface area contributed by atoms with Gasteiger partial charge in [0, 0.05) is 0 Å². The minimum Gasteiger partial charge on any atom is -0.543 e. The van der Waals surface area contributed by atoms with Crippen LogP contribution in [0, 0.1) is 0 Å². The fourth-order valence-corrected chi connectivity index (χ4v) is 2.16. The lowest BCUT2D eigenvalue weighted by Crippen LogP contribution is -2.43. The van der Waals surface area contributed by atoms with Crippen molar-refractivity contribution in [2.45, 2.75) is 38.9 Å². The van der Waals surface area contributed by atoms with Gasteiger partial charge in [-0.1, -0.05) is 20.8 Å². The fourth-order valence-electron chi connectivity index (χ4n) is 1.14. The molecule has 0 unspecified atom stereocenters. The minimum atomic E-state index is -1.90. The molecule has 0 bridgehead atoms. The minimum absolute atomic E-state index is 0.0115. The predicted octanol–water partition coefficient (Wildman–Crippen LogP) is 3.59. The van der Waals surface area contributed by atoms with Gasteiger partial charge in [-0.3, -0.25) is 4.79 Å². The molecule has 0 aliphatic heterocycles. The molecule has 17 heavy (non-hydrogen) atoms. The molecule has 0 heterocycles. The summed E-state index contributed by atoms with van der Waals surface area (Å²) in [6.45, 7) is 10.7. The summed E-state index contributed by atoms with van der Waals surface area (Å²) < 4.78 is 6.03. The first-order valence-corrected chi connectivity index (χ1v) is 8.55. The third-order valence-electron chi connectivity index (χ3n) is 3.31. The molecule has 1 N–H and O–H groups in total. The van der Waals surface area contributed by atoms with E-state index < -0.39 is 8.32 Å². The number of aromatic hydroxyl groups is 1. The first kappa shape index (κ1) is 13.8. The SMILES string of the molecule is CC(C)(C)[Si](C)(C)Oc1ccc(O)c(C=O)c1. The van der Waals surface area contributed by atoms with Gasteiger partial charge in [0.15, 0.2) is 6.29 Å². The molecule has 94 valence electrons. The Morgan fingerprint density at radius 1 is 1.29 bits per heavy atom. The molecule has 4 heteroatoms. The molecule has 0 radical (unpaired) electrons. The molecular weight excluding hydrogens is 232 g/mol. The normalized spacial score (nSPS) is 12.3. The number of hydrogen-bond donors (Lipinski definition) is 1. The Hall–Kier alpha value is -1.29. The van der Waals surface area contributed by atoms with Gasteiger partial charge >= 0.3 is 0 Å². The van der Waals surface area contributed by atoms with Crippen molar-refractivity contribution >= 4 is 14.6 Å². The lowest BCUT2D eigenvalue weighted by atomic mass is 10.2. The van der Waals surface area contributed by atoms with Gasteiger partial charge in [-0.2, -0.15) is 0 Å². The molecule has 0 aliphatic carbocycles. The lowest BCUT2D eigenvalue weighted by molar-refractivity contribution is 0.112. The summed E-state index contributed by atoms with van der Waals surface area (Å²) in [7, 11) is -1.90. The summed E-state index contributed by atoms with van der Waals surface area (Å²) in [6, 6.07) is 4.78. The smallest absolute Gasteiger partial charge is 0.250 e. The first-order chi connectivity index (χ1) is 7.67. The number of aldehydes is 1. The van der Waals surface area contributed by atoms with E-state index in [1.54, 1.807) is 12.1 Å². The number of carbonyl (C=O) groups excluding carboxylic acids is 1. The first-order valence-electron chi connectivity index (χ1n) is 5.64. The zero-order valence-corrected chi connectivity index (χ0v) is 12.1. The standard InChI is InChI=1S/C13H20O3Si/c1-13(2,3)17(4,5)16-11-6-7-12(15)10(8-11)9-14/h6-9,15H,1-5H3. The van der Waals surface area contributed by atoms with Crippen LogP contribution in [0.3, 0.4) is 0 Å². The average molecular weight is 252 g/mol. The Balaban J connectivity index is 3.00. The van der Waals surface area contributed by atoms with Crippen molar-refractivity contribution in [3.63, 3.8) is 0 Å². The Morgan fingerprint density at radius 2 is 1.88 bits per heavy atom. The highest BCUT2D eigenvalue weighted by molar-refractivity contribution is 6.74. The monoisotopic (exact) mass is 252 g/mol. The van der Waals surface area contributed by atoms with Gasteiger partial charge in [0.1, 0.15) is 11.5 Å². The molecule has 0 atom stereocenters. The molecule has 0 fully saturated rings. The van der Waals surface area contributed by atoms with Crippen molar-refractivity contribution in [3.8, 4) is 11.5 Å². The van der Waals surface area contributed by atoms with Crippen LogP contribution in [0.4, 0.5) is 0 Å². The van der Waals surface area contributed by atoms with E-state index in [9.17, 15) is 9.90 Å². The number of benzene rings is 1. The van der Waals surface area contributed by atoms with Crippen molar-refractivity contribution in [1.29, 1.82) is 0 Å². The number of rotatable bonds is 3. The Bertz CT molecular complexity index is 419. The number of phenols is 1. The van der Waals surface area contributed by atoms with Crippen LogP contribution in [-0.4, -0.2) is 19.7 Å². The summed E-state index contributed by atoms with van der Waals surface area (Å²) in [5.74, 6) is 0.638.